The van der Waals surface area contributed by atoms with Crippen LogP contribution in [0.15, 0.2) is 0 Å². The molecular weight excluding hydrogens is 869 g/mol. The summed E-state index contributed by atoms with van der Waals surface area (Å²) in [6, 6.07) is 0. The molecule has 0 aromatic heterocycles. The third-order valence-corrected chi connectivity index (χ3v) is 8.78. The second-order valence-corrected chi connectivity index (χ2v) is 19.7. The molecule has 0 fully saturated rings. The zero-order valence-corrected chi connectivity index (χ0v) is 41.2. The number of carboxylic acid groups (broad SMARTS) is 2. The predicted molar refractivity (Wildman–Crippen MR) is 230 cm³/mol. The predicted octanol–water partition coefficient (Wildman–Crippen LogP) is 3.44. The lowest BCUT2D eigenvalue weighted by atomic mass is 9.95. The van der Waals surface area contributed by atoms with Gasteiger partial charge < -0.3 is 44.0 Å². The quantitative estimate of drug-likeness (QED) is 0.0686. The first kappa shape index (κ1) is 63.4. The molecule has 6 unspecified atom stereocenters. The molecule has 6 atom stereocenters. The van der Waals surface area contributed by atoms with E-state index in [1.54, 1.807) is 102 Å². The third kappa shape index (κ3) is 34.6. The average Bonchev–Trinajstić information content (AvgIpc) is 3.11. The highest BCUT2D eigenvalue weighted by atomic mass is 32.2. The lowest BCUT2D eigenvalue weighted by molar-refractivity contribution is -0.167. The van der Waals surface area contributed by atoms with E-state index in [1.807, 2.05) is 0 Å². The van der Waals surface area contributed by atoms with Gasteiger partial charge in [0.1, 0.15) is 30.0 Å². The summed E-state index contributed by atoms with van der Waals surface area (Å²) in [6.45, 7) is 25.2. The van der Waals surface area contributed by atoms with E-state index in [2.05, 4.69) is 5.32 Å². The molecule has 0 aliphatic carbocycles. The van der Waals surface area contributed by atoms with Crippen LogP contribution in [-0.2, 0) is 81.6 Å². The molecule has 0 bridgehead atoms. The maximum absolute atomic E-state index is 11.9. The summed E-state index contributed by atoms with van der Waals surface area (Å²) in [5.74, 6) is -9.45. The minimum absolute atomic E-state index is 0.0177. The van der Waals surface area contributed by atoms with Crippen LogP contribution in [0.2, 0.25) is 0 Å². The van der Waals surface area contributed by atoms with Gasteiger partial charge in [0.2, 0.25) is 21.8 Å². The van der Waals surface area contributed by atoms with Crippen molar-refractivity contribution >= 4 is 63.6 Å². The fourth-order valence-electron chi connectivity index (χ4n) is 4.11. The van der Waals surface area contributed by atoms with Gasteiger partial charge in [0.05, 0.1) is 68.3 Å². The van der Waals surface area contributed by atoms with Crippen LogP contribution in [0.5, 0.6) is 0 Å². The molecule has 0 aliphatic heterocycles. The van der Waals surface area contributed by atoms with Crippen molar-refractivity contribution in [3.05, 3.63) is 0 Å². The van der Waals surface area contributed by atoms with Gasteiger partial charge in [0.25, 0.3) is 0 Å². The van der Waals surface area contributed by atoms with Gasteiger partial charge in [-0.15, -0.1) is 0 Å². The number of carboxylic acids is 2. The minimum atomic E-state index is -3.63. The van der Waals surface area contributed by atoms with Crippen molar-refractivity contribution in [3.8, 4) is 0 Å². The molecule has 2 amide bonds. The number of amides is 2. The number of hydrogen-bond acceptors (Lipinski definition) is 17. The highest BCUT2D eigenvalue weighted by Crippen LogP contribution is 2.21. The Hall–Kier alpha value is -4.86. The van der Waals surface area contributed by atoms with Crippen molar-refractivity contribution in [1.82, 2.24) is 10.0 Å². The fourth-order valence-corrected chi connectivity index (χ4v) is 4.63. The molecule has 0 rings (SSSR count). The third-order valence-electron chi connectivity index (χ3n) is 8.19. The Kier molecular flexibility index (Phi) is 29.3. The lowest BCUT2D eigenvalue weighted by Gasteiger charge is -2.24. The zero-order valence-electron chi connectivity index (χ0n) is 40.4. The van der Waals surface area contributed by atoms with Crippen molar-refractivity contribution < 1.29 is 90.2 Å². The summed E-state index contributed by atoms with van der Waals surface area (Å²) in [4.78, 5) is 103. The van der Waals surface area contributed by atoms with Crippen molar-refractivity contribution in [2.75, 3.05) is 39.2 Å². The van der Waals surface area contributed by atoms with Crippen LogP contribution in [0.25, 0.3) is 0 Å². The number of sulfonamides is 1. The van der Waals surface area contributed by atoms with Crippen LogP contribution in [0.1, 0.15) is 123 Å². The summed E-state index contributed by atoms with van der Waals surface area (Å²) < 4.78 is 53.9. The normalized spacial score (nSPS) is 14.3. The molecule has 0 aromatic carbocycles. The number of nitrogens with one attached hydrogen (secondary N) is 2. The number of aliphatic carboxylic acids is 2. The second-order valence-electron chi connectivity index (χ2n) is 17.9. The molecule has 4 N–H and O–H groups in total. The van der Waals surface area contributed by atoms with Gasteiger partial charge in [-0.1, -0.05) is 41.5 Å². The molecule has 0 heterocycles. The van der Waals surface area contributed by atoms with Gasteiger partial charge in [-0.2, -0.15) is 0 Å². The van der Waals surface area contributed by atoms with E-state index in [9.17, 15) is 51.6 Å². The Labute approximate surface area is 377 Å². The van der Waals surface area contributed by atoms with Crippen molar-refractivity contribution in [2.24, 2.45) is 35.5 Å². The van der Waals surface area contributed by atoms with E-state index in [0.717, 1.165) is 6.26 Å². The number of carbonyl (C=O) groups excluding carboxylic acids is 7. The van der Waals surface area contributed by atoms with Gasteiger partial charge in [0, 0.05) is 12.5 Å². The van der Waals surface area contributed by atoms with Gasteiger partial charge in [-0.05, 0) is 62.3 Å². The van der Waals surface area contributed by atoms with Crippen LogP contribution in [0, 0.1) is 35.5 Å². The van der Waals surface area contributed by atoms with Crippen LogP contribution >= 0.6 is 0 Å². The SMILES string of the molecule is CC(C(=O)NCCC(=O)O)C(C)C(=O)OC(C)(C)C.CC(C(=O)OCCC(=O)NS(C)(=O)=O)C(C)C(=O)OC(C)(C)C.CC(C(=O)OCCOCCC(=O)O)C(C)C(=O)OC(C)(C)C. The number of ether oxygens (including phenoxy) is 6. The van der Waals surface area contributed by atoms with E-state index < -0.39 is 110 Å². The summed E-state index contributed by atoms with van der Waals surface area (Å²) in [5.41, 5.74) is -1.85. The number of rotatable bonds is 22. The monoisotopic (exact) mass is 942 g/mol. The molecule has 64 heavy (non-hydrogen) atoms. The van der Waals surface area contributed by atoms with E-state index in [-0.39, 0.29) is 58.1 Å². The molecule has 21 nitrogen and oxygen atoms in total. The fraction of sp³-hybridized carbons (Fsp3) is 0.786. The molecule has 0 aliphatic rings. The first-order chi connectivity index (χ1) is 28.8. The maximum atomic E-state index is 11.9. The topological polar surface area (TPSA) is 308 Å². The molecule has 372 valence electrons. The molecule has 0 saturated carbocycles. The minimum Gasteiger partial charge on any atom is -0.481 e. The molecule has 0 spiro atoms. The lowest BCUT2D eigenvalue weighted by Crippen LogP contribution is -2.38. The highest BCUT2D eigenvalue weighted by Gasteiger charge is 2.33. The molecular formula is C42H74N2O19S. The molecule has 0 radical (unpaired) electrons. The second kappa shape index (κ2) is 29.6. The number of carbonyl (C=O) groups is 9. The zero-order chi connectivity index (χ0) is 51.0. The summed E-state index contributed by atoms with van der Waals surface area (Å²) >= 11 is 0. The summed E-state index contributed by atoms with van der Waals surface area (Å²) in [5, 5.41) is 19.4. The van der Waals surface area contributed by atoms with Crippen molar-refractivity contribution in [1.29, 1.82) is 0 Å². The number of esters is 5. The standard InChI is InChI=1S/C15H26O7.C14H25NO7S.C13H23NO5/c1-10(11(2)14(19)22-15(3,4)5)13(18)21-9-8-20-7-6-12(16)17;1-9(10(2)13(18)22-14(3,4)5)12(17)21-8-7-11(16)15-23(6,19)20;1-8(11(17)14-7-6-10(15)16)9(2)12(18)19-13(3,4)5/h10-11H,6-9H2,1-5H3,(H,16,17);9-10H,7-8H2,1-6H3,(H,15,16);8-9H,6-7H2,1-5H3,(H,14,17)(H,15,16). The maximum Gasteiger partial charge on any atom is 0.310 e. The van der Waals surface area contributed by atoms with Gasteiger partial charge >= 0.3 is 41.8 Å². The Morgan fingerprint density at radius 1 is 0.484 bits per heavy atom. The largest absolute Gasteiger partial charge is 0.481 e. The molecule has 0 saturated heterocycles. The van der Waals surface area contributed by atoms with Crippen LogP contribution in [0.4, 0.5) is 0 Å². The van der Waals surface area contributed by atoms with E-state index in [4.69, 9.17) is 38.6 Å². The number of hydrogen-bond donors (Lipinski definition) is 4. The first-order valence-corrected chi connectivity index (χ1v) is 22.5. The smallest absolute Gasteiger partial charge is 0.310 e. The van der Waals surface area contributed by atoms with Crippen molar-refractivity contribution in [3.63, 3.8) is 0 Å². The van der Waals surface area contributed by atoms with Gasteiger partial charge in [0.15, 0.2) is 0 Å². The van der Waals surface area contributed by atoms with Gasteiger partial charge in [-0.3, -0.25) is 47.9 Å². The summed E-state index contributed by atoms with van der Waals surface area (Å²) in [6.07, 6.45) is 0.327. The van der Waals surface area contributed by atoms with E-state index in [1.165, 1.54) is 6.92 Å². The summed E-state index contributed by atoms with van der Waals surface area (Å²) in [7, 11) is -3.63. The van der Waals surface area contributed by atoms with Crippen LogP contribution in [0.3, 0.4) is 0 Å². The highest BCUT2D eigenvalue weighted by molar-refractivity contribution is 7.89. The molecule has 22 heteroatoms. The van der Waals surface area contributed by atoms with Gasteiger partial charge in [-0.25, -0.2) is 8.42 Å². The van der Waals surface area contributed by atoms with Crippen molar-refractivity contribution in [2.45, 2.75) is 140 Å². The van der Waals surface area contributed by atoms with Crippen LogP contribution in [-0.4, -0.2) is 128 Å². The Bertz CT molecular complexity index is 1660. The van der Waals surface area contributed by atoms with E-state index >= 15 is 0 Å². The Balaban J connectivity index is -0.000000876. The Morgan fingerprint density at radius 3 is 1.17 bits per heavy atom. The van der Waals surface area contributed by atoms with Crippen LogP contribution < -0.4 is 10.0 Å². The molecule has 0 aromatic rings. The first-order valence-electron chi connectivity index (χ1n) is 20.6. The Morgan fingerprint density at radius 2 is 0.828 bits per heavy atom. The van der Waals surface area contributed by atoms with E-state index in [0.29, 0.717) is 0 Å². The average molecular weight is 943 g/mol.